The SMILES string of the molecule is Cc1oc(C(=O)Nc2nc(CN3CCCC3)ns2)cc1-c1cccc(C(F)(F)F)c1. The van der Waals surface area contributed by atoms with E-state index in [0.29, 0.717) is 34.4 Å². The van der Waals surface area contributed by atoms with Gasteiger partial charge in [0.1, 0.15) is 5.76 Å². The predicted octanol–water partition coefficient (Wildman–Crippen LogP) is 4.97. The number of aryl methyl sites for hydroxylation is 1. The van der Waals surface area contributed by atoms with Crippen molar-refractivity contribution in [3.63, 3.8) is 0 Å². The van der Waals surface area contributed by atoms with Crippen LogP contribution in [0.15, 0.2) is 34.7 Å². The van der Waals surface area contributed by atoms with E-state index in [-0.39, 0.29) is 5.76 Å². The fourth-order valence-corrected chi connectivity index (χ4v) is 3.99. The number of benzene rings is 1. The molecule has 10 heteroatoms. The van der Waals surface area contributed by atoms with E-state index in [2.05, 4.69) is 19.6 Å². The van der Waals surface area contributed by atoms with Crippen molar-refractivity contribution in [3.05, 3.63) is 53.2 Å². The lowest BCUT2D eigenvalue weighted by Gasteiger charge is -2.10. The standard InChI is InChI=1S/C20H19F3N4O2S/c1-12-15(13-5-4-6-14(9-13)20(21,22)23)10-16(29-12)18(28)25-19-24-17(26-30-19)11-27-7-2-3-8-27/h4-6,9-10H,2-3,7-8,11H2,1H3,(H,24,25,26,28). The highest BCUT2D eigenvalue weighted by Crippen LogP contribution is 2.34. The Morgan fingerprint density at radius 1 is 1.27 bits per heavy atom. The molecule has 1 saturated heterocycles. The summed E-state index contributed by atoms with van der Waals surface area (Å²) in [5.41, 5.74) is -0.00170. The maximum Gasteiger partial charge on any atom is 0.416 e. The van der Waals surface area contributed by atoms with Crippen LogP contribution >= 0.6 is 11.5 Å². The number of furan rings is 1. The second-order valence-electron chi connectivity index (χ2n) is 7.11. The number of anilines is 1. The Labute approximate surface area is 174 Å². The number of nitrogens with zero attached hydrogens (tertiary/aromatic N) is 3. The topological polar surface area (TPSA) is 71.3 Å². The molecule has 0 atom stereocenters. The second kappa shape index (κ2) is 8.19. The first kappa shape index (κ1) is 20.5. The molecule has 2 aromatic heterocycles. The number of nitrogens with one attached hydrogen (secondary N) is 1. The Kier molecular flexibility index (Phi) is 5.61. The third kappa shape index (κ3) is 4.54. The molecule has 30 heavy (non-hydrogen) atoms. The first-order valence-electron chi connectivity index (χ1n) is 9.44. The number of likely N-dealkylation sites (tertiary alicyclic amines) is 1. The van der Waals surface area contributed by atoms with Crippen molar-refractivity contribution in [2.75, 3.05) is 18.4 Å². The summed E-state index contributed by atoms with van der Waals surface area (Å²) in [6.45, 7) is 4.28. The fraction of sp³-hybridized carbons (Fsp3) is 0.350. The number of aromatic nitrogens is 2. The summed E-state index contributed by atoms with van der Waals surface area (Å²) in [7, 11) is 0. The molecule has 0 saturated carbocycles. The molecule has 3 heterocycles. The molecule has 1 aliphatic heterocycles. The summed E-state index contributed by atoms with van der Waals surface area (Å²) in [6.07, 6.45) is -2.11. The van der Waals surface area contributed by atoms with E-state index in [1.54, 1.807) is 13.0 Å². The number of amides is 1. The molecule has 0 radical (unpaired) electrons. The van der Waals surface area contributed by atoms with Gasteiger partial charge >= 0.3 is 6.18 Å². The van der Waals surface area contributed by atoms with Crippen LogP contribution in [0.2, 0.25) is 0 Å². The first-order chi connectivity index (χ1) is 14.3. The molecule has 6 nitrogen and oxygen atoms in total. The fourth-order valence-electron chi connectivity index (χ4n) is 3.41. The van der Waals surface area contributed by atoms with Crippen molar-refractivity contribution in [3.8, 4) is 11.1 Å². The average Bonchev–Trinajstić information content (AvgIpc) is 3.43. The van der Waals surface area contributed by atoms with Crippen LogP contribution in [0.3, 0.4) is 0 Å². The van der Waals surface area contributed by atoms with Crippen LogP contribution < -0.4 is 5.32 Å². The first-order valence-corrected chi connectivity index (χ1v) is 10.2. The number of carbonyl (C=O) groups is 1. The Balaban J connectivity index is 1.48. The van der Waals surface area contributed by atoms with E-state index in [4.69, 9.17) is 4.42 Å². The van der Waals surface area contributed by atoms with Gasteiger partial charge in [0.05, 0.1) is 12.1 Å². The van der Waals surface area contributed by atoms with E-state index in [9.17, 15) is 18.0 Å². The minimum absolute atomic E-state index is 0.00351. The zero-order chi connectivity index (χ0) is 21.3. The van der Waals surface area contributed by atoms with Crippen molar-refractivity contribution >= 4 is 22.6 Å². The van der Waals surface area contributed by atoms with E-state index < -0.39 is 17.6 Å². The van der Waals surface area contributed by atoms with Gasteiger partial charge in [-0.05, 0) is 56.6 Å². The Morgan fingerprint density at radius 2 is 2.03 bits per heavy atom. The maximum atomic E-state index is 13.0. The molecule has 1 amide bonds. The van der Waals surface area contributed by atoms with Crippen LogP contribution in [-0.4, -0.2) is 33.3 Å². The second-order valence-corrected chi connectivity index (χ2v) is 7.86. The minimum Gasteiger partial charge on any atom is -0.456 e. The van der Waals surface area contributed by atoms with Gasteiger partial charge in [0.2, 0.25) is 5.13 Å². The molecule has 4 rings (SSSR count). The van der Waals surface area contributed by atoms with Gasteiger partial charge in [0.15, 0.2) is 11.6 Å². The molecule has 1 aromatic carbocycles. The van der Waals surface area contributed by atoms with Crippen LogP contribution in [-0.2, 0) is 12.7 Å². The van der Waals surface area contributed by atoms with Crippen LogP contribution in [0.25, 0.3) is 11.1 Å². The lowest BCUT2D eigenvalue weighted by molar-refractivity contribution is -0.137. The van der Waals surface area contributed by atoms with E-state index in [0.717, 1.165) is 36.8 Å². The molecule has 0 unspecified atom stereocenters. The molecule has 158 valence electrons. The summed E-state index contributed by atoms with van der Waals surface area (Å²) in [4.78, 5) is 19.1. The number of carbonyl (C=O) groups excluding carboxylic acids is 1. The third-order valence-electron chi connectivity index (χ3n) is 4.89. The Bertz CT molecular complexity index is 1050. The van der Waals surface area contributed by atoms with Crippen LogP contribution in [0.1, 0.15) is 40.5 Å². The molecule has 3 aromatic rings. The molecule has 0 spiro atoms. The predicted molar refractivity (Wildman–Crippen MR) is 106 cm³/mol. The zero-order valence-electron chi connectivity index (χ0n) is 16.1. The lowest BCUT2D eigenvalue weighted by Crippen LogP contribution is -2.19. The van der Waals surface area contributed by atoms with Gasteiger partial charge in [-0.25, -0.2) is 4.98 Å². The molecular weight excluding hydrogens is 417 g/mol. The highest BCUT2D eigenvalue weighted by Gasteiger charge is 2.31. The average molecular weight is 436 g/mol. The molecular formula is C20H19F3N4O2S. The number of rotatable bonds is 5. The molecule has 1 fully saturated rings. The number of hydrogen-bond acceptors (Lipinski definition) is 6. The summed E-state index contributed by atoms with van der Waals surface area (Å²) in [5.74, 6) is 0.473. The quantitative estimate of drug-likeness (QED) is 0.611. The summed E-state index contributed by atoms with van der Waals surface area (Å²) in [5, 5.41) is 3.00. The van der Waals surface area contributed by atoms with Crippen molar-refractivity contribution in [1.29, 1.82) is 0 Å². The van der Waals surface area contributed by atoms with Gasteiger partial charge in [-0.2, -0.15) is 17.5 Å². The van der Waals surface area contributed by atoms with Gasteiger partial charge in [-0.15, -0.1) is 0 Å². The number of alkyl halides is 3. The van der Waals surface area contributed by atoms with Crippen molar-refractivity contribution in [1.82, 2.24) is 14.3 Å². The zero-order valence-corrected chi connectivity index (χ0v) is 16.9. The molecule has 1 aliphatic rings. The van der Waals surface area contributed by atoms with Gasteiger partial charge in [0, 0.05) is 17.1 Å². The third-order valence-corrected chi connectivity index (χ3v) is 5.56. The van der Waals surface area contributed by atoms with Gasteiger partial charge in [-0.1, -0.05) is 12.1 Å². The smallest absolute Gasteiger partial charge is 0.416 e. The minimum atomic E-state index is -4.45. The van der Waals surface area contributed by atoms with Crippen LogP contribution in [0.4, 0.5) is 18.3 Å². The number of hydrogen-bond donors (Lipinski definition) is 1. The normalized spacial score (nSPS) is 14.9. The number of halogens is 3. The van der Waals surface area contributed by atoms with E-state index in [1.165, 1.54) is 25.0 Å². The summed E-state index contributed by atoms with van der Waals surface area (Å²) in [6, 6.07) is 6.35. The van der Waals surface area contributed by atoms with E-state index in [1.807, 2.05) is 0 Å². The molecule has 1 N–H and O–H groups in total. The lowest BCUT2D eigenvalue weighted by atomic mass is 10.0. The highest BCUT2D eigenvalue weighted by molar-refractivity contribution is 7.09. The summed E-state index contributed by atoms with van der Waals surface area (Å²) >= 11 is 1.08. The van der Waals surface area contributed by atoms with Gasteiger partial charge in [0.25, 0.3) is 5.91 Å². The Morgan fingerprint density at radius 3 is 2.77 bits per heavy atom. The summed E-state index contributed by atoms with van der Waals surface area (Å²) < 4.78 is 48.7. The highest BCUT2D eigenvalue weighted by atomic mass is 32.1. The van der Waals surface area contributed by atoms with Crippen LogP contribution in [0, 0.1) is 6.92 Å². The molecule has 0 aliphatic carbocycles. The van der Waals surface area contributed by atoms with Crippen molar-refractivity contribution in [2.24, 2.45) is 0 Å². The van der Waals surface area contributed by atoms with Gasteiger partial charge in [-0.3, -0.25) is 15.0 Å². The van der Waals surface area contributed by atoms with Crippen LogP contribution in [0.5, 0.6) is 0 Å². The van der Waals surface area contributed by atoms with Crippen molar-refractivity contribution < 1.29 is 22.4 Å². The van der Waals surface area contributed by atoms with Gasteiger partial charge < -0.3 is 4.42 Å². The molecule has 0 bridgehead atoms. The largest absolute Gasteiger partial charge is 0.456 e. The maximum absolute atomic E-state index is 13.0. The van der Waals surface area contributed by atoms with Crippen molar-refractivity contribution in [2.45, 2.75) is 32.5 Å². The van der Waals surface area contributed by atoms with E-state index >= 15 is 0 Å². The Hall–Kier alpha value is -2.72. The monoisotopic (exact) mass is 436 g/mol.